The number of carbonyl (C=O) groups is 1. The molecule has 0 fully saturated rings. The number of para-hydroxylation sites is 1. The predicted molar refractivity (Wildman–Crippen MR) is 56.2 cm³/mol. The van der Waals surface area contributed by atoms with Gasteiger partial charge in [-0.2, -0.15) is 0 Å². The van der Waals surface area contributed by atoms with Crippen LogP contribution in [0.15, 0.2) is 24.3 Å². The van der Waals surface area contributed by atoms with Gasteiger partial charge in [0.05, 0.1) is 6.04 Å². The molecule has 0 saturated heterocycles. The molecule has 1 heterocycles. The van der Waals surface area contributed by atoms with Crippen molar-refractivity contribution in [1.82, 2.24) is 5.32 Å². The molecule has 1 unspecified atom stereocenters. The van der Waals surface area contributed by atoms with Crippen molar-refractivity contribution in [3.05, 3.63) is 29.8 Å². The molecule has 1 atom stereocenters. The number of hydrogen-bond acceptors (Lipinski definition) is 3. The summed E-state index contributed by atoms with van der Waals surface area (Å²) in [5.74, 6) is 0.185. The van der Waals surface area contributed by atoms with Gasteiger partial charge in [-0.15, -0.1) is 0 Å². The van der Waals surface area contributed by atoms with E-state index in [9.17, 15) is 4.79 Å². The molecule has 1 aliphatic heterocycles. The Kier molecular flexibility index (Phi) is 2.50. The predicted octanol–water partition coefficient (Wildman–Crippen LogP) is 1.16. The van der Waals surface area contributed by atoms with Crippen molar-refractivity contribution in [3.8, 4) is 0 Å². The molecule has 0 saturated carbocycles. The smallest absolute Gasteiger partial charge is 0.148 e. The monoisotopic (exact) mass is 190 g/mol. The van der Waals surface area contributed by atoms with Gasteiger partial charge < -0.3 is 10.6 Å². The van der Waals surface area contributed by atoms with Crippen molar-refractivity contribution in [2.75, 3.05) is 11.9 Å². The van der Waals surface area contributed by atoms with E-state index < -0.39 is 0 Å². The largest absolute Gasteiger partial charge is 0.383 e. The number of carbonyl (C=O) groups excluding carboxylic acids is 1. The van der Waals surface area contributed by atoms with E-state index >= 15 is 0 Å². The Balaban J connectivity index is 2.18. The highest BCUT2D eigenvalue weighted by Crippen LogP contribution is 2.17. The van der Waals surface area contributed by atoms with Crippen LogP contribution >= 0.6 is 0 Å². The third-order valence-electron chi connectivity index (χ3n) is 2.54. The number of benzene rings is 1. The first kappa shape index (κ1) is 9.21. The first-order chi connectivity index (χ1) is 6.77. The Morgan fingerprint density at radius 3 is 3.00 bits per heavy atom. The highest BCUT2D eigenvalue weighted by molar-refractivity contribution is 5.82. The van der Waals surface area contributed by atoms with Gasteiger partial charge in [0.1, 0.15) is 5.78 Å². The lowest BCUT2D eigenvalue weighted by molar-refractivity contribution is -0.118. The third kappa shape index (κ3) is 1.77. The van der Waals surface area contributed by atoms with Gasteiger partial charge in [0, 0.05) is 18.8 Å². The fourth-order valence-corrected chi connectivity index (χ4v) is 1.65. The minimum atomic E-state index is -0.0672. The second-order valence-corrected chi connectivity index (χ2v) is 3.58. The number of nitrogens with one attached hydrogen (secondary N) is 2. The van der Waals surface area contributed by atoms with Crippen LogP contribution in [-0.2, 0) is 11.3 Å². The quantitative estimate of drug-likeness (QED) is 0.698. The van der Waals surface area contributed by atoms with Gasteiger partial charge >= 0.3 is 0 Å². The number of rotatable bonds is 1. The average molecular weight is 190 g/mol. The average Bonchev–Trinajstić information content (AvgIpc) is 2.39. The molecule has 0 amide bonds. The van der Waals surface area contributed by atoms with Crippen LogP contribution in [0.4, 0.5) is 5.69 Å². The molecule has 0 spiro atoms. The molecular formula is C11H14N2O. The zero-order valence-electron chi connectivity index (χ0n) is 8.21. The molecule has 14 heavy (non-hydrogen) atoms. The van der Waals surface area contributed by atoms with Crippen LogP contribution in [0.1, 0.15) is 12.5 Å². The zero-order valence-corrected chi connectivity index (χ0v) is 8.21. The fraction of sp³-hybridized carbons (Fsp3) is 0.364. The molecule has 0 radical (unpaired) electrons. The summed E-state index contributed by atoms with van der Waals surface area (Å²) in [5.41, 5.74) is 2.35. The Bertz CT molecular complexity index is 322. The number of ketones is 1. The van der Waals surface area contributed by atoms with E-state index in [1.807, 2.05) is 18.2 Å². The molecule has 74 valence electrons. The first-order valence-corrected chi connectivity index (χ1v) is 4.83. The molecule has 0 bridgehead atoms. The second-order valence-electron chi connectivity index (χ2n) is 3.58. The van der Waals surface area contributed by atoms with Crippen molar-refractivity contribution in [1.29, 1.82) is 0 Å². The normalized spacial score (nSPS) is 20.5. The highest BCUT2D eigenvalue weighted by Gasteiger charge is 2.17. The molecule has 2 rings (SSSR count). The van der Waals surface area contributed by atoms with Gasteiger partial charge in [-0.3, -0.25) is 4.79 Å². The lowest BCUT2D eigenvalue weighted by Crippen LogP contribution is -2.38. The minimum Gasteiger partial charge on any atom is -0.383 e. The second kappa shape index (κ2) is 3.80. The van der Waals surface area contributed by atoms with Crippen LogP contribution < -0.4 is 10.6 Å². The van der Waals surface area contributed by atoms with Gasteiger partial charge in [0.2, 0.25) is 0 Å². The summed E-state index contributed by atoms with van der Waals surface area (Å²) in [4.78, 5) is 11.2. The molecular weight excluding hydrogens is 176 g/mol. The molecule has 1 aliphatic rings. The maximum Gasteiger partial charge on any atom is 0.148 e. The van der Waals surface area contributed by atoms with Crippen LogP contribution in [0.25, 0.3) is 0 Å². The third-order valence-corrected chi connectivity index (χ3v) is 2.54. The first-order valence-electron chi connectivity index (χ1n) is 4.83. The standard InChI is InChI=1S/C11H14N2O/c1-8(14)11-7-13-10-5-3-2-4-9(10)6-12-11/h2-5,11-13H,6-7H2,1H3. The lowest BCUT2D eigenvalue weighted by atomic mass is 10.2. The Morgan fingerprint density at radius 1 is 1.43 bits per heavy atom. The summed E-state index contributed by atoms with van der Waals surface area (Å²) in [6.07, 6.45) is 0. The summed E-state index contributed by atoms with van der Waals surface area (Å²) in [6.45, 7) is 3.05. The van der Waals surface area contributed by atoms with Crippen LogP contribution in [0.3, 0.4) is 0 Å². The minimum absolute atomic E-state index is 0.0672. The summed E-state index contributed by atoms with van der Waals surface area (Å²) >= 11 is 0. The Hall–Kier alpha value is -1.35. The van der Waals surface area contributed by atoms with Gasteiger partial charge in [-0.05, 0) is 18.6 Å². The van der Waals surface area contributed by atoms with E-state index in [1.54, 1.807) is 6.92 Å². The summed E-state index contributed by atoms with van der Waals surface area (Å²) < 4.78 is 0. The zero-order chi connectivity index (χ0) is 9.97. The Labute approximate surface area is 83.5 Å². The summed E-state index contributed by atoms with van der Waals surface area (Å²) in [6, 6.07) is 8.05. The molecule has 2 N–H and O–H groups in total. The van der Waals surface area contributed by atoms with Gasteiger partial charge in [-0.1, -0.05) is 18.2 Å². The molecule has 3 heteroatoms. The van der Waals surface area contributed by atoms with Crippen LogP contribution in [0.2, 0.25) is 0 Å². The van der Waals surface area contributed by atoms with Gasteiger partial charge in [-0.25, -0.2) is 0 Å². The van der Waals surface area contributed by atoms with E-state index in [2.05, 4.69) is 16.7 Å². The van der Waals surface area contributed by atoms with Crippen molar-refractivity contribution in [2.24, 2.45) is 0 Å². The van der Waals surface area contributed by atoms with Crippen molar-refractivity contribution in [3.63, 3.8) is 0 Å². The van der Waals surface area contributed by atoms with Crippen LogP contribution in [-0.4, -0.2) is 18.4 Å². The number of hydrogen-bond donors (Lipinski definition) is 2. The molecule has 1 aromatic carbocycles. The van der Waals surface area contributed by atoms with Crippen molar-refractivity contribution < 1.29 is 4.79 Å². The number of Topliss-reactive ketones (excluding diaryl/α,β-unsaturated/α-hetero) is 1. The van der Waals surface area contributed by atoms with Crippen molar-refractivity contribution in [2.45, 2.75) is 19.5 Å². The SMILES string of the molecule is CC(=O)C1CNc2ccccc2CN1. The van der Waals surface area contributed by atoms with Gasteiger partial charge in [0.15, 0.2) is 0 Å². The van der Waals surface area contributed by atoms with E-state index in [4.69, 9.17) is 0 Å². The molecule has 0 aromatic heterocycles. The number of fused-ring (bicyclic) bond motifs is 1. The summed E-state index contributed by atoms with van der Waals surface area (Å²) in [5, 5.41) is 6.50. The fourth-order valence-electron chi connectivity index (χ4n) is 1.65. The maximum atomic E-state index is 11.2. The van der Waals surface area contributed by atoms with Crippen molar-refractivity contribution >= 4 is 11.5 Å². The maximum absolute atomic E-state index is 11.2. The molecule has 1 aromatic rings. The summed E-state index contributed by atoms with van der Waals surface area (Å²) in [7, 11) is 0. The number of anilines is 1. The van der Waals surface area contributed by atoms with E-state index in [1.165, 1.54) is 5.56 Å². The topological polar surface area (TPSA) is 41.1 Å². The Morgan fingerprint density at radius 2 is 2.21 bits per heavy atom. The molecule has 3 nitrogen and oxygen atoms in total. The van der Waals surface area contributed by atoms with E-state index in [-0.39, 0.29) is 11.8 Å². The highest BCUT2D eigenvalue weighted by atomic mass is 16.1. The van der Waals surface area contributed by atoms with Crippen LogP contribution in [0, 0.1) is 0 Å². The van der Waals surface area contributed by atoms with E-state index in [0.29, 0.717) is 6.54 Å². The van der Waals surface area contributed by atoms with E-state index in [0.717, 1.165) is 12.2 Å². The lowest BCUT2D eigenvalue weighted by Gasteiger charge is -2.11. The molecule has 0 aliphatic carbocycles. The van der Waals surface area contributed by atoms with Crippen LogP contribution in [0.5, 0.6) is 0 Å². The van der Waals surface area contributed by atoms with Gasteiger partial charge in [0.25, 0.3) is 0 Å².